The molecule has 0 amide bonds. The predicted molar refractivity (Wildman–Crippen MR) is 102 cm³/mol. The number of pyridine rings is 2. The summed E-state index contributed by atoms with van der Waals surface area (Å²) in [5.41, 5.74) is 2.43. The average molecular weight is 380 g/mol. The number of ether oxygens (including phenoxy) is 1. The van der Waals surface area contributed by atoms with Crippen LogP contribution in [0.15, 0.2) is 73.1 Å². The highest BCUT2D eigenvalue weighted by atomic mass is 19.4. The minimum Gasteiger partial charge on any atom is -0.496 e. The van der Waals surface area contributed by atoms with Crippen LogP contribution in [0, 0.1) is 0 Å². The Balaban J connectivity index is 1.94. The third-order valence-corrected chi connectivity index (χ3v) is 4.52. The third kappa shape index (κ3) is 3.17. The van der Waals surface area contributed by atoms with Gasteiger partial charge < -0.3 is 4.74 Å². The van der Waals surface area contributed by atoms with Crippen LogP contribution in [0.3, 0.4) is 0 Å². The van der Waals surface area contributed by atoms with Gasteiger partial charge in [-0.05, 0) is 47.5 Å². The van der Waals surface area contributed by atoms with Crippen molar-refractivity contribution >= 4 is 10.9 Å². The monoisotopic (exact) mass is 380 g/mol. The molecule has 0 bridgehead atoms. The van der Waals surface area contributed by atoms with E-state index in [1.54, 1.807) is 37.7 Å². The standard InChI is InChI=1S/C22H15F3N2O/c1-28-19-8-3-2-7-18(19)21-20-17(10-12-27-21)16(9-11-26-20)14-5-4-6-15(13-14)22(23,24)25/h2-13H,1H3. The third-order valence-electron chi connectivity index (χ3n) is 4.52. The summed E-state index contributed by atoms with van der Waals surface area (Å²) >= 11 is 0. The maximum atomic E-state index is 13.1. The minimum absolute atomic E-state index is 0.472. The molecule has 0 unspecified atom stereocenters. The van der Waals surface area contributed by atoms with Crippen molar-refractivity contribution in [2.75, 3.05) is 7.11 Å². The zero-order chi connectivity index (χ0) is 19.7. The highest BCUT2D eigenvalue weighted by Crippen LogP contribution is 2.37. The summed E-state index contributed by atoms with van der Waals surface area (Å²) < 4.78 is 44.8. The molecule has 0 saturated heterocycles. The van der Waals surface area contributed by atoms with E-state index in [1.807, 2.05) is 24.3 Å². The van der Waals surface area contributed by atoms with Gasteiger partial charge in [0, 0.05) is 23.3 Å². The van der Waals surface area contributed by atoms with Crippen LogP contribution in [0.5, 0.6) is 5.75 Å². The maximum Gasteiger partial charge on any atom is 0.416 e. The quantitative estimate of drug-likeness (QED) is 0.438. The largest absolute Gasteiger partial charge is 0.496 e. The van der Waals surface area contributed by atoms with Gasteiger partial charge in [-0.1, -0.05) is 24.3 Å². The first-order chi connectivity index (χ1) is 13.5. The Labute approximate surface area is 159 Å². The lowest BCUT2D eigenvalue weighted by Crippen LogP contribution is -2.04. The number of hydrogen-bond acceptors (Lipinski definition) is 3. The predicted octanol–water partition coefficient (Wildman–Crippen LogP) is 5.99. The zero-order valence-electron chi connectivity index (χ0n) is 14.9. The first-order valence-corrected chi connectivity index (χ1v) is 8.54. The molecule has 0 N–H and O–H groups in total. The minimum atomic E-state index is -4.40. The van der Waals surface area contributed by atoms with Crippen LogP contribution in [0.1, 0.15) is 5.56 Å². The lowest BCUT2D eigenvalue weighted by Gasteiger charge is -2.13. The molecule has 0 aliphatic rings. The van der Waals surface area contributed by atoms with Gasteiger partial charge in [-0.25, -0.2) is 0 Å². The molecule has 28 heavy (non-hydrogen) atoms. The van der Waals surface area contributed by atoms with Gasteiger partial charge in [-0.15, -0.1) is 0 Å². The van der Waals surface area contributed by atoms with E-state index in [0.717, 1.165) is 23.1 Å². The molecule has 0 aliphatic heterocycles. The fourth-order valence-electron chi connectivity index (χ4n) is 3.23. The lowest BCUT2D eigenvalue weighted by molar-refractivity contribution is -0.137. The molecular weight excluding hydrogens is 365 g/mol. The van der Waals surface area contributed by atoms with Gasteiger partial charge in [-0.2, -0.15) is 13.2 Å². The number of methoxy groups -OCH3 is 1. The second-order valence-corrected chi connectivity index (χ2v) is 6.19. The van der Waals surface area contributed by atoms with Gasteiger partial charge in [0.05, 0.1) is 18.2 Å². The van der Waals surface area contributed by atoms with E-state index in [2.05, 4.69) is 9.97 Å². The van der Waals surface area contributed by atoms with E-state index in [1.165, 1.54) is 6.07 Å². The van der Waals surface area contributed by atoms with E-state index >= 15 is 0 Å². The summed E-state index contributed by atoms with van der Waals surface area (Å²) in [5.74, 6) is 0.647. The molecular formula is C22H15F3N2O. The van der Waals surface area contributed by atoms with Crippen molar-refractivity contribution in [1.82, 2.24) is 9.97 Å². The molecule has 4 aromatic rings. The molecule has 140 valence electrons. The summed E-state index contributed by atoms with van der Waals surface area (Å²) in [5, 5.41) is 0.720. The number of halogens is 3. The van der Waals surface area contributed by atoms with Crippen molar-refractivity contribution in [3.05, 3.63) is 78.6 Å². The topological polar surface area (TPSA) is 35.0 Å². The number of fused-ring (bicyclic) bond motifs is 1. The molecule has 0 atom stereocenters. The second-order valence-electron chi connectivity index (χ2n) is 6.19. The molecule has 2 heterocycles. The molecule has 0 spiro atoms. The number of rotatable bonds is 3. The van der Waals surface area contributed by atoms with Crippen molar-refractivity contribution in [3.63, 3.8) is 0 Å². The lowest BCUT2D eigenvalue weighted by atomic mass is 9.98. The Morgan fingerprint density at radius 2 is 1.61 bits per heavy atom. The average Bonchev–Trinajstić information content (AvgIpc) is 2.72. The molecule has 4 rings (SSSR count). The molecule has 2 aromatic carbocycles. The smallest absolute Gasteiger partial charge is 0.416 e. The Morgan fingerprint density at radius 1 is 0.821 bits per heavy atom. The molecule has 3 nitrogen and oxygen atoms in total. The van der Waals surface area contributed by atoms with E-state index in [4.69, 9.17) is 4.74 Å². The number of aromatic nitrogens is 2. The first-order valence-electron chi connectivity index (χ1n) is 8.54. The molecule has 0 aliphatic carbocycles. The number of para-hydroxylation sites is 1. The molecule has 2 aromatic heterocycles. The van der Waals surface area contributed by atoms with Gasteiger partial charge in [0.2, 0.25) is 0 Å². The number of alkyl halides is 3. The normalized spacial score (nSPS) is 11.6. The number of nitrogens with zero attached hydrogens (tertiary/aromatic N) is 2. The highest BCUT2D eigenvalue weighted by Gasteiger charge is 2.30. The van der Waals surface area contributed by atoms with Crippen LogP contribution in [-0.2, 0) is 6.18 Å². The molecule has 0 saturated carbocycles. The van der Waals surface area contributed by atoms with Crippen molar-refractivity contribution in [1.29, 1.82) is 0 Å². The molecule has 6 heteroatoms. The first kappa shape index (κ1) is 18.0. The second kappa shape index (κ2) is 6.96. The maximum absolute atomic E-state index is 13.1. The summed E-state index contributed by atoms with van der Waals surface area (Å²) in [6.07, 6.45) is -1.19. The van der Waals surface area contributed by atoms with Crippen LogP contribution in [0.4, 0.5) is 13.2 Å². The van der Waals surface area contributed by atoms with Crippen LogP contribution in [0.25, 0.3) is 33.3 Å². The Kier molecular flexibility index (Phi) is 4.47. The van der Waals surface area contributed by atoms with Crippen LogP contribution in [-0.4, -0.2) is 17.1 Å². The van der Waals surface area contributed by atoms with Gasteiger partial charge in [0.15, 0.2) is 0 Å². The van der Waals surface area contributed by atoms with Crippen LogP contribution in [0.2, 0.25) is 0 Å². The van der Waals surface area contributed by atoms with Gasteiger partial charge in [0.25, 0.3) is 0 Å². The van der Waals surface area contributed by atoms with E-state index in [0.29, 0.717) is 28.1 Å². The van der Waals surface area contributed by atoms with Crippen LogP contribution < -0.4 is 4.74 Å². The van der Waals surface area contributed by atoms with Crippen molar-refractivity contribution in [2.45, 2.75) is 6.18 Å². The van der Waals surface area contributed by atoms with E-state index in [9.17, 15) is 13.2 Å². The summed E-state index contributed by atoms with van der Waals surface area (Å²) in [7, 11) is 1.57. The van der Waals surface area contributed by atoms with Crippen molar-refractivity contribution in [3.8, 4) is 28.1 Å². The number of hydrogen-bond donors (Lipinski definition) is 0. The van der Waals surface area contributed by atoms with Crippen molar-refractivity contribution < 1.29 is 17.9 Å². The Bertz CT molecular complexity index is 1160. The van der Waals surface area contributed by atoms with Gasteiger partial charge in [0.1, 0.15) is 11.4 Å². The fourth-order valence-corrected chi connectivity index (χ4v) is 3.23. The van der Waals surface area contributed by atoms with E-state index < -0.39 is 11.7 Å². The Hall–Kier alpha value is -3.41. The van der Waals surface area contributed by atoms with Gasteiger partial charge >= 0.3 is 6.18 Å². The fraction of sp³-hybridized carbons (Fsp3) is 0.0909. The number of benzene rings is 2. The van der Waals surface area contributed by atoms with Crippen molar-refractivity contribution in [2.24, 2.45) is 0 Å². The van der Waals surface area contributed by atoms with Crippen LogP contribution >= 0.6 is 0 Å². The highest BCUT2D eigenvalue weighted by molar-refractivity contribution is 6.01. The van der Waals surface area contributed by atoms with Gasteiger partial charge in [-0.3, -0.25) is 9.97 Å². The summed E-state index contributed by atoms with van der Waals surface area (Å²) in [4.78, 5) is 8.90. The molecule has 0 fully saturated rings. The SMILES string of the molecule is COc1ccccc1-c1nccc2c(-c3cccc(C(F)(F)F)c3)ccnc12. The summed E-state index contributed by atoms with van der Waals surface area (Å²) in [6.45, 7) is 0. The summed E-state index contributed by atoms with van der Waals surface area (Å²) in [6, 6.07) is 16.2. The zero-order valence-corrected chi connectivity index (χ0v) is 14.9. The Morgan fingerprint density at radius 3 is 2.39 bits per heavy atom. The molecule has 0 radical (unpaired) electrons. The van der Waals surface area contributed by atoms with E-state index in [-0.39, 0.29) is 0 Å².